The molecule has 13 heavy (non-hydrogen) atoms. The molecule has 0 aromatic heterocycles. The summed E-state index contributed by atoms with van der Waals surface area (Å²) in [6, 6.07) is 9.76. The van der Waals surface area contributed by atoms with Crippen molar-refractivity contribution in [3.05, 3.63) is 35.9 Å². The van der Waals surface area contributed by atoms with Crippen molar-refractivity contribution in [1.82, 2.24) is 0 Å². The van der Waals surface area contributed by atoms with Gasteiger partial charge in [-0.25, -0.2) is 0 Å². The Bertz CT molecular complexity index is 235. The highest BCUT2D eigenvalue weighted by molar-refractivity contribution is 9.09. The molecule has 72 valence electrons. The van der Waals surface area contributed by atoms with E-state index in [1.807, 2.05) is 30.3 Å². The molecule has 0 amide bonds. The van der Waals surface area contributed by atoms with E-state index in [1.54, 1.807) is 0 Å². The summed E-state index contributed by atoms with van der Waals surface area (Å²) in [6.45, 7) is 2.12. The molecule has 0 bridgehead atoms. The van der Waals surface area contributed by atoms with Gasteiger partial charge in [0, 0.05) is 4.83 Å². The van der Waals surface area contributed by atoms with Crippen LogP contribution in [-0.2, 0) is 0 Å². The molecule has 0 aliphatic carbocycles. The van der Waals surface area contributed by atoms with Crippen LogP contribution >= 0.6 is 15.9 Å². The highest BCUT2D eigenvalue weighted by Crippen LogP contribution is 2.25. The van der Waals surface area contributed by atoms with Gasteiger partial charge in [0.2, 0.25) is 0 Å². The second kappa shape index (κ2) is 5.40. The molecule has 0 saturated carbocycles. The average molecular weight is 243 g/mol. The predicted molar refractivity (Wildman–Crippen MR) is 59.0 cm³/mol. The zero-order chi connectivity index (χ0) is 9.68. The number of aliphatic hydroxyl groups excluding tert-OH is 1. The van der Waals surface area contributed by atoms with Crippen LogP contribution in [-0.4, -0.2) is 9.93 Å². The van der Waals surface area contributed by atoms with Crippen molar-refractivity contribution in [3.63, 3.8) is 0 Å². The Morgan fingerprint density at radius 1 is 1.31 bits per heavy atom. The van der Waals surface area contributed by atoms with E-state index in [4.69, 9.17) is 0 Å². The molecule has 1 aromatic carbocycles. The molecule has 1 nitrogen and oxygen atoms in total. The van der Waals surface area contributed by atoms with Gasteiger partial charge in [-0.05, 0) is 12.0 Å². The maximum absolute atomic E-state index is 9.87. The van der Waals surface area contributed by atoms with Gasteiger partial charge in [0.15, 0.2) is 0 Å². The van der Waals surface area contributed by atoms with E-state index in [1.165, 1.54) is 0 Å². The van der Waals surface area contributed by atoms with Crippen molar-refractivity contribution >= 4 is 15.9 Å². The minimum absolute atomic E-state index is 0.167. The van der Waals surface area contributed by atoms with Crippen LogP contribution in [0.3, 0.4) is 0 Å². The minimum Gasteiger partial charge on any atom is -0.387 e. The summed E-state index contributed by atoms with van der Waals surface area (Å²) in [7, 11) is 0. The van der Waals surface area contributed by atoms with E-state index in [2.05, 4.69) is 22.9 Å². The van der Waals surface area contributed by atoms with Crippen LogP contribution in [0.25, 0.3) is 0 Å². The molecule has 1 N–H and O–H groups in total. The van der Waals surface area contributed by atoms with Crippen LogP contribution in [0.2, 0.25) is 0 Å². The number of benzene rings is 1. The molecule has 0 radical (unpaired) electrons. The lowest BCUT2D eigenvalue weighted by Gasteiger charge is -2.16. The first kappa shape index (κ1) is 10.7. The number of hydrogen-bond donors (Lipinski definition) is 1. The normalized spacial score (nSPS) is 15.3. The summed E-state index contributed by atoms with van der Waals surface area (Å²) in [6.07, 6.45) is 1.69. The lowest BCUT2D eigenvalue weighted by Crippen LogP contribution is -2.11. The SMILES string of the molecule is CCC[C@@H](Br)[C@@H](O)c1ccccc1. The van der Waals surface area contributed by atoms with E-state index in [0.29, 0.717) is 0 Å². The summed E-state index contributed by atoms with van der Waals surface area (Å²) < 4.78 is 0. The van der Waals surface area contributed by atoms with Gasteiger partial charge in [-0.15, -0.1) is 0 Å². The number of rotatable bonds is 4. The van der Waals surface area contributed by atoms with Gasteiger partial charge >= 0.3 is 0 Å². The lowest BCUT2D eigenvalue weighted by atomic mass is 10.0. The van der Waals surface area contributed by atoms with Gasteiger partial charge in [-0.1, -0.05) is 59.6 Å². The smallest absolute Gasteiger partial charge is 0.0914 e. The lowest BCUT2D eigenvalue weighted by molar-refractivity contribution is 0.173. The first-order chi connectivity index (χ1) is 6.25. The predicted octanol–water partition coefficient (Wildman–Crippen LogP) is 3.28. The van der Waals surface area contributed by atoms with Gasteiger partial charge in [-0.3, -0.25) is 0 Å². The minimum atomic E-state index is -0.388. The first-order valence-electron chi connectivity index (χ1n) is 4.62. The summed E-state index contributed by atoms with van der Waals surface area (Å²) in [4.78, 5) is 0.167. The zero-order valence-corrected chi connectivity index (χ0v) is 9.37. The van der Waals surface area contributed by atoms with E-state index in [-0.39, 0.29) is 10.9 Å². The topological polar surface area (TPSA) is 20.2 Å². The fraction of sp³-hybridized carbons (Fsp3) is 0.455. The molecule has 0 heterocycles. The molecule has 1 aromatic rings. The number of alkyl halides is 1. The molecular weight excluding hydrogens is 228 g/mol. The highest BCUT2D eigenvalue weighted by atomic mass is 79.9. The summed E-state index contributed by atoms with van der Waals surface area (Å²) in [5.74, 6) is 0. The molecule has 0 saturated heterocycles. The maximum Gasteiger partial charge on any atom is 0.0914 e. The quantitative estimate of drug-likeness (QED) is 0.804. The monoisotopic (exact) mass is 242 g/mol. The van der Waals surface area contributed by atoms with E-state index >= 15 is 0 Å². The van der Waals surface area contributed by atoms with Crippen molar-refractivity contribution in [3.8, 4) is 0 Å². The molecule has 0 fully saturated rings. The van der Waals surface area contributed by atoms with E-state index in [9.17, 15) is 5.11 Å². The Labute approximate surface area is 87.9 Å². The Morgan fingerprint density at radius 2 is 1.92 bits per heavy atom. The summed E-state index contributed by atoms with van der Waals surface area (Å²) in [5.41, 5.74) is 0.984. The van der Waals surface area contributed by atoms with Gasteiger partial charge in [0.25, 0.3) is 0 Å². The Hall–Kier alpha value is -0.340. The van der Waals surface area contributed by atoms with Crippen LogP contribution in [0.15, 0.2) is 30.3 Å². The molecule has 0 aliphatic rings. The fourth-order valence-electron chi connectivity index (χ4n) is 1.29. The zero-order valence-electron chi connectivity index (χ0n) is 7.78. The second-order valence-electron chi connectivity index (χ2n) is 3.16. The molecule has 2 atom stereocenters. The number of aliphatic hydroxyl groups is 1. The Kier molecular flexibility index (Phi) is 4.46. The average Bonchev–Trinajstić information content (AvgIpc) is 2.18. The summed E-state index contributed by atoms with van der Waals surface area (Å²) >= 11 is 3.49. The molecule has 0 spiro atoms. The van der Waals surface area contributed by atoms with Crippen molar-refractivity contribution < 1.29 is 5.11 Å². The standard InChI is InChI=1S/C11H15BrO/c1-2-6-10(12)11(13)9-7-4-3-5-8-9/h3-5,7-8,10-11,13H,2,6H2,1H3/t10-,11+/m1/s1. The Morgan fingerprint density at radius 3 is 2.46 bits per heavy atom. The van der Waals surface area contributed by atoms with Gasteiger partial charge in [0.1, 0.15) is 0 Å². The van der Waals surface area contributed by atoms with E-state index < -0.39 is 0 Å². The van der Waals surface area contributed by atoms with Crippen LogP contribution in [0.1, 0.15) is 31.4 Å². The summed E-state index contributed by atoms with van der Waals surface area (Å²) in [5, 5.41) is 9.87. The van der Waals surface area contributed by atoms with Crippen LogP contribution in [0.5, 0.6) is 0 Å². The molecule has 1 rings (SSSR count). The van der Waals surface area contributed by atoms with Crippen LogP contribution < -0.4 is 0 Å². The first-order valence-corrected chi connectivity index (χ1v) is 5.54. The van der Waals surface area contributed by atoms with Crippen LogP contribution in [0, 0.1) is 0 Å². The van der Waals surface area contributed by atoms with Crippen molar-refractivity contribution in [2.45, 2.75) is 30.7 Å². The van der Waals surface area contributed by atoms with Crippen LogP contribution in [0.4, 0.5) is 0 Å². The molecule has 2 heteroatoms. The van der Waals surface area contributed by atoms with Crippen molar-refractivity contribution in [1.29, 1.82) is 0 Å². The Balaban J connectivity index is 2.62. The second-order valence-corrected chi connectivity index (χ2v) is 4.34. The molecule has 0 unspecified atom stereocenters. The van der Waals surface area contributed by atoms with Gasteiger partial charge < -0.3 is 5.11 Å². The third-order valence-electron chi connectivity index (χ3n) is 2.05. The number of halogens is 1. The number of hydrogen-bond acceptors (Lipinski definition) is 1. The molecular formula is C11H15BrO. The van der Waals surface area contributed by atoms with E-state index in [0.717, 1.165) is 18.4 Å². The van der Waals surface area contributed by atoms with Gasteiger partial charge in [-0.2, -0.15) is 0 Å². The van der Waals surface area contributed by atoms with Crippen molar-refractivity contribution in [2.75, 3.05) is 0 Å². The third-order valence-corrected chi connectivity index (χ3v) is 3.01. The van der Waals surface area contributed by atoms with Gasteiger partial charge in [0.05, 0.1) is 6.10 Å². The molecule has 0 aliphatic heterocycles. The fourth-order valence-corrected chi connectivity index (χ4v) is 2.06. The highest BCUT2D eigenvalue weighted by Gasteiger charge is 2.16. The largest absolute Gasteiger partial charge is 0.387 e. The maximum atomic E-state index is 9.87. The third kappa shape index (κ3) is 3.12. The van der Waals surface area contributed by atoms with Crippen molar-refractivity contribution in [2.24, 2.45) is 0 Å².